The molecule has 1 saturated heterocycles. The molecule has 1 aliphatic heterocycles. The fourth-order valence-electron chi connectivity index (χ4n) is 3.65. The third kappa shape index (κ3) is 5.84. The second-order valence-electron chi connectivity index (χ2n) is 8.09. The van der Waals surface area contributed by atoms with Crippen LogP contribution in [0.3, 0.4) is 0 Å². The minimum Gasteiger partial charge on any atom is -0.459 e. The number of amides is 2. The minimum absolute atomic E-state index is 0.194. The Bertz CT molecular complexity index is 1040. The van der Waals surface area contributed by atoms with Crippen LogP contribution in [0.25, 0.3) is 0 Å². The summed E-state index contributed by atoms with van der Waals surface area (Å²) in [5, 5.41) is 5.68. The van der Waals surface area contributed by atoms with E-state index >= 15 is 0 Å². The molecule has 1 aromatic heterocycles. The lowest BCUT2D eigenvalue weighted by Gasteiger charge is -2.32. The normalized spacial score (nSPS) is 14.8. The van der Waals surface area contributed by atoms with Crippen LogP contribution < -0.4 is 10.6 Å². The molecule has 3 aromatic rings. The highest BCUT2D eigenvalue weighted by Gasteiger charge is 2.14. The molecular formula is C25H28N4O3. The fourth-order valence-corrected chi connectivity index (χ4v) is 3.65. The Morgan fingerprint density at radius 2 is 1.66 bits per heavy atom. The van der Waals surface area contributed by atoms with Gasteiger partial charge in [-0.25, -0.2) is 0 Å². The number of anilines is 1. The third-order valence-electron chi connectivity index (χ3n) is 5.61. The monoisotopic (exact) mass is 432 g/mol. The highest BCUT2D eigenvalue weighted by atomic mass is 16.3. The van der Waals surface area contributed by atoms with Gasteiger partial charge in [-0.2, -0.15) is 0 Å². The second kappa shape index (κ2) is 10.3. The van der Waals surface area contributed by atoms with E-state index < -0.39 is 0 Å². The Morgan fingerprint density at radius 1 is 0.906 bits per heavy atom. The predicted octanol–water partition coefficient (Wildman–Crippen LogP) is 3.21. The number of nitrogens with zero attached hydrogens (tertiary/aromatic N) is 2. The number of hydrogen-bond acceptors (Lipinski definition) is 5. The molecule has 166 valence electrons. The average Bonchev–Trinajstić information content (AvgIpc) is 3.35. The molecule has 1 fully saturated rings. The summed E-state index contributed by atoms with van der Waals surface area (Å²) < 4.78 is 5.09. The SMILES string of the molecule is CN1CCN(Cc2ccc(CNC(=O)c3cccc(NC(=O)c4ccco4)c3)cc2)CC1. The Hall–Kier alpha value is -3.42. The number of piperazine rings is 1. The molecule has 0 saturated carbocycles. The van der Waals surface area contributed by atoms with Crippen molar-refractivity contribution in [3.05, 3.63) is 89.4 Å². The van der Waals surface area contributed by atoms with Gasteiger partial charge in [0.1, 0.15) is 0 Å². The summed E-state index contributed by atoms with van der Waals surface area (Å²) in [4.78, 5) is 29.5. The van der Waals surface area contributed by atoms with E-state index in [1.807, 2.05) is 0 Å². The zero-order valence-electron chi connectivity index (χ0n) is 18.2. The van der Waals surface area contributed by atoms with Crippen molar-refractivity contribution >= 4 is 17.5 Å². The van der Waals surface area contributed by atoms with Crippen LogP contribution in [-0.2, 0) is 13.1 Å². The first-order valence-electron chi connectivity index (χ1n) is 10.8. The van der Waals surface area contributed by atoms with E-state index in [9.17, 15) is 9.59 Å². The van der Waals surface area contributed by atoms with Gasteiger partial charge in [-0.1, -0.05) is 30.3 Å². The van der Waals surface area contributed by atoms with Crippen LogP contribution in [0.2, 0.25) is 0 Å². The highest BCUT2D eigenvalue weighted by molar-refractivity contribution is 6.03. The Balaban J connectivity index is 1.28. The van der Waals surface area contributed by atoms with Crippen molar-refractivity contribution in [2.75, 3.05) is 38.5 Å². The smallest absolute Gasteiger partial charge is 0.291 e. The fraction of sp³-hybridized carbons (Fsp3) is 0.280. The third-order valence-corrected chi connectivity index (χ3v) is 5.61. The first kappa shape index (κ1) is 21.8. The molecular weight excluding hydrogens is 404 g/mol. The number of benzene rings is 2. The molecule has 0 aliphatic carbocycles. The number of nitrogens with one attached hydrogen (secondary N) is 2. The quantitative estimate of drug-likeness (QED) is 0.600. The molecule has 0 spiro atoms. The van der Waals surface area contributed by atoms with E-state index in [1.165, 1.54) is 11.8 Å². The van der Waals surface area contributed by atoms with Crippen molar-refractivity contribution in [1.29, 1.82) is 0 Å². The van der Waals surface area contributed by atoms with Gasteiger partial charge in [0.05, 0.1) is 6.26 Å². The molecule has 2 aromatic carbocycles. The van der Waals surface area contributed by atoms with Crippen molar-refractivity contribution in [3.8, 4) is 0 Å². The summed E-state index contributed by atoms with van der Waals surface area (Å²) in [5.74, 6) is -0.333. The lowest BCUT2D eigenvalue weighted by Crippen LogP contribution is -2.43. The molecule has 7 heteroatoms. The lowest BCUT2D eigenvalue weighted by molar-refractivity contribution is 0.0949. The summed E-state index contributed by atoms with van der Waals surface area (Å²) in [7, 11) is 2.16. The zero-order valence-corrected chi connectivity index (χ0v) is 18.2. The van der Waals surface area contributed by atoms with Crippen LogP contribution in [0.1, 0.15) is 32.0 Å². The number of furan rings is 1. The van der Waals surface area contributed by atoms with Gasteiger partial charge in [0, 0.05) is 50.5 Å². The standard InChI is InChI=1S/C25H28N4O3/c1-28-11-13-29(14-12-28)18-20-9-7-19(8-10-20)17-26-24(30)21-4-2-5-22(16-21)27-25(31)23-6-3-15-32-23/h2-10,15-16H,11-14,17-18H2,1H3,(H,26,30)(H,27,31). The van der Waals surface area contributed by atoms with E-state index in [-0.39, 0.29) is 17.6 Å². The summed E-state index contributed by atoms with van der Waals surface area (Å²) >= 11 is 0. The van der Waals surface area contributed by atoms with E-state index in [4.69, 9.17) is 4.42 Å². The largest absolute Gasteiger partial charge is 0.459 e. The second-order valence-corrected chi connectivity index (χ2v) is 8.09. The van der Waals surface area contributed by atoms with Gasteiger partial charge < -0.3 is 20.0 Å². The molecule has 1 aliphatic rings. The number of likely N-dealkylation sites (N-methyl/N-ethyl adjacent to an activating group) is 1. The predicted molar refractivity (Wildman–Crippen MR) is 123 cm³/mol. The van der Waals surface area contributed by atoms with E-state index in [0.29, 0.717) is 17.8 Å². The molecule has 32 heavy (non-hydrogen) atoms. The van der Waals surface area contributed by atoms with Gasteiger partial charge in [-0.3, -0.25) is 14.5 Å². The Morgan fingerprint density at radius 3 is 2.38 bits per heavy atom. The first-order chi connectivity index (χ1) is 15.6. The molecule has 0 unspecified atom stereocenters. The molecule has 2 amide bonds. The van der Waals surface area contributed by atoms with Gasteiger partial charge in [-0.15, -0.1) is 0 Å². The molecule has 0 radical (unpaired) electrons. The number of hydrogen-bond donors (Lipinski definition) is 2. The van der Waals surface area contributed by atoms with Crippen molar-refractivity contribution in [2.24, 2.45) is 0 Å². The maximum atomic E-state index is 12.6. The maximum absolute atomic E-state index is 12.6. The van der Waals surface area contributed by atoms with Gasteiger partial charge in [0.2, 0.25) is 0 Å². The zero-order chi connectivity index (χ0) is 22.3. The minimum atomic E-state index is -0.357. The van der Waals surface area contributed by atoms with Gasteiger partial charge in [0.25, 0.3) is 11.8 Å². The number of rotatable bonds is 7. The Kier molecular flexibility index (Phi) is 6.99. The maximum Gasteiger partial charge on any atom is 0.291 e. The van der Waals surface area contributed by atoms with Gasteiger partial charge in [-0.05, 0) is 48.5 Å². The van der Waals surface area contributed by atoms with Crippen molar-refractivity contribution < 1.29 is 14.0 Å². The molecule has 7 nitrogen and oxygen atoms in total. The Labute approximate surface area is 188 Å². The van der Waals surface area contributed by atoms with Crippen molar-refractivity contribution in [2.45, 2.75) is 13.1 Å². The highest BCUT2D eigenvalue weighted by Crippen LogP contribution is 2.14. The molecule has 2 N–H and O–H groups in total. The topological polar surface area (TPSA) is 77.8 Å². The van der Waals surface area contributed by atoms with Crippen LogP contribution >= 0.6 is 0 Å². The number of carbonyl (C=O) groups is 2. The summed E-state index contributed by atoms with van der Waals surface area (Å²) in [6, 6.07) is 18.5. The summed E-state index contributed by atoms with van der Waals surface area (Å²) in [6.07, 6.45) is 1.44. The van der Waals surface area contributed by atoms with Crippen LogP contribution in [0.15, 0.2) is 71.3 Å². The van der Waals surface area contributed by atoms with Crippen LogP contribution in [0.5, 0.6) is 0 Å². The molecule has 2 heterocycles. The summed E-state index contributed by atoms with van der Waals surface area (Å²) in [6.45, 7) is 5.80. The lowest BCUT2D eigenvalue weighted by atomic mass is 10.1. The van der Waals surface area contributed by atoms with E-state index in [2.05, 4.69) is 51.7 Å². The average molecular weight is 433 g/mol. The van der Waals surface area contributed by atoms with Crippen LogP contribution in [-0.4, -0.2) is 54.8 Å². The van der Waals surface area contributed by atoms with Crippen molar-refractivity contribution in [3.63, 3.8) is 0 Å². The van der Waals surface area contributed by atoms with Gasteiger partial charge >= 0.3 is 0 Å². The van der Waals surface area contributed by atoms with Crippen LogP contribution in [0.4, 0.5) is 5.69 Å². The summed E-state index contributed by atoms with van der Waals surface area (Å²) in [5.41, 5.74) is 3.34. The number of carbonyl (C=O) groups excluding carboxylic acids is 2. The van der Waals surface area contributed by atoms with Crippen LogP contribution in [0, 0.1) is 0 Å². The molecule has 0 atom stereocenters. The molecule has 0 bridgehead atoms. The van der Waals surface area contributed by atoms with Crippen molar-refractivity contribution in [1.82, 2.24) is 15.1 Å². The van der Waals surface area contributed by atoms with Gasteiger partial charge in [0.15, 0.2) is 5.76 Å². The first-order valence-corrected chi connectivity index (χ1v) is 10.8. The van der Waals surface area contributed by atoms with E-state index in [0.717, 1.165) is 38.3 Å². The van der Waals surface area contributed by atoms with E-state index in [1.54, 1.807) is 36.4 Å². The molecule has 4 rings (SSSR count).